The fraction of sp³-hybridized carbons (Fsp3) is 0.389. The minimum absolute atomic E-state index is 0.138. The first kappa shape index (κ1) is 19.0. The van der Waals surface area contributed by atoms with Crippen LogP contribution in [0.3, 0.4) is 0 Å². The van der Waals surface area contributed by atoms with Crippen LogP contribution in [0.1, 0.15) is 16.0 Å². The summed E-state index contributed by atoms with van der Waals surface area (Å²) in [5, 5.41) is 4.92. The van der Waals surface area contributed by atoms with Crippen molar-refractivity contribution in [3.05, 3.63) is 45.6 Å². The van der Waals surface area contributed by atoms with E-state index in [0.29, 0.717) is 17.8 Å². The first-order chi connectivity index (χ1) is 12.3. The number of nitrogens with zero attached hydrogens (tertiary/aromatic N) is 2. The summed E-state index contributed by atoms with van der Waals surface area (Å²) < 4.78 is 26.0. The standard InChI is InChI=1S/C18H23N3O3S2/c1-13-4-5-15(10-17(13)26(23,24)20(2)3)19-18(22)12-21-8-6-16-14(11-21)7-9-25-16/h4-5,7,9-10H,6,8,11-12H2,1-3H3,(H,19,22). The van der Waals surface area contributed by atoms with Gasteiger partial charge in [0.25, 0.3) is 0 Å². The molecule has 1 aromatic heterocycles. The van der Waals surface area contributed by atoms with E-state index in [9.17, 15) is 13.2 Å². The van der Waals surface area contributed by atoms with Crippen molar-refractivity contribution in [2.24, 2.45) is 0 Å². The van der Waals surface area contributed by atoms with Crippen molar-refractivity contribution in [3.8, 4) is 0 Å². The van der Waals surface area contributed by atoms with Crippen LogP contribution in [0.25, 0.3) is 0 Å². The molecule has 1 aromatic carbocycles. The molecule has 6 nitrogen and oxygen atoms in total. The quantitative estimate of drug-likeness (QED) is 0.846. The van der Waals surface area contributed by atoms with Crippen molar-refractivity contribution in [1.82, 2.24) is 9.21 Å². The van der Waals surface area contributed by atoms with E-state index in [1.165, 1.54) is 34.9 Å². The average molecular weight is 394 g/mol. The van der Waals surface area contributed by atoms with Crippen molar-refractivity contribution < 1.29 is 13.2 Å². The number of hydrogen-bond acceptors (Lipinski definition) is 5. The lowest BCUT2D eigenvalue weighted by Crippen LogP contribution is -2.36. The first-order valence-corrected chi connectivity index (χ1v) is 10.7. The van der Waals surface area contributed by atoms with Crippen molar-refractivity contribution in [1.29, 1.82) is 0 Å². The van der Waals surface area contributed by atoms with Crippen molar-refractivity contribution in [3.63, 3.8) is 0 Å². The summed E-state index contributed by atoms with van der Waals surface area (Å²) in [5.74, 6) is -0.138. The summed E-state index contributed by atoms with van der Waals surface area (Å²) in [6, 6.07) is 7.08. The van der Waals surface area contributed by atoms with Gasteiger partial charge in [-0.05, 0) is 48.1 Å². The molecule has 0 radical (unpaired) electrons. The number of fused-ring (bicyclic) bond motifs is 1. The Labute approximate surface area is 158 Å². The first-order valence-electron chi connectivity index (χ1n) is 8.38. The number of carbonyl (C=O) groups is 1. The molecular formula is C18H23N3O3S2. The molecular weight excluding hydrogens is 370 g/mol. The molecule has 140 valence electrons. The van der Waals surface area contributed by atoms with Crippen LogP contribution in [0.15, 0.2) is 34.5 Å². The number of aryl methyl sites for hydroxylation is 1. The summed E-state index contributed by atoms with van der Waals surface area (Å²) >= 11 is 1.77. The molecule has 2 aromatic rings. The summed E-state index contributed by atoms with van der Waals surface area (Å²) in [5.41, 5.74) is 2.44. The number of amides is 1. The Morgan fingerprint density at radius 3 is 2.81 bits per heavy atom. The van der Waals surface area contributed by atoms with Gasteiger partial charge in [-0.1, -0.05) is 6.07 Å². The summed E-state index contributed by atoms with van der Waals surface area (Å²) in [4.78, 5) is 16.1. The molecule has 1 aliphatic heterocycles. The molecule has 3 rings (SSSR count). The van der Waals surface area contributed by atoms with E-state index in [1.54, 1.807) is 30.4 Å². The van der Waals surface area contributed by atoms with Gasteiger partial charge in [0, 0.05) is 37.7 Å². The largest absolute Gasteiger partial charge is 0.325 e. The third-order valence-corrected chi connectivity index (χ3v) is 7.46. The molecule has 1 aliphatic rings. The number of thiophene rings is 1. The van der Waals surface area contributed by atoms with Crippen LogP contribution in [-0.4, -0.2) is 50.7 Å². The highest BCUT2D eigenvalue weighted by Gasteiger charge is 2.22. The number of rotatable bonds is 5. The number of anilines is 1. The van der Waals surface area contributed by atoms with E-state index in [0.717, 1.165) is 19.5 Å². The SMILES string of the molecule is Cc1ccc(NC(=O)CN2CCc3sccc3C2)cc1S(=O)(=O)N(C)C. The van der Waals surface area contributed by atoms with Crippen molar-refractivity contribution in [2.75, 3.05) is 32.5 Å². The second-order valence-electron chi connectivity index (χ2n) is 6.65. The van der Waals surface area contributed by atoms with Gasteiger partial charge in [0.1, 0.15) is 0 Å². The molecule has 0 aliphatic carbocycles. The van der Waals surface area contributed by atoms with Gasteiger partial charge in [-0.3, -0.25) is 9.69 Å². The summed E-state index contributed by atoms with van der Waals surface area (Å²) in [6.45, 7) is 3.67. The molecule has 26 heavy (non-hydrogen) atoms. The molecule has 2 heterocycles. The zero-order valence-corrected chi connectivity index (χ0v) is 16.8. The lowest BCUT2D eigenvalue weighted by Gasteiger charge is -2.26. The Kier molecular flexibility index (Phi) is 5.47. The van der Waals surface area contributed by atoms with E-state index in [1.807, 2.05) is 0 Å². The number of benzene rings is 1. The van der Waals surface area contributed by atoms with E-state index in [2.05, 4.69) is 21.7 Å². The molecule has 8 heteroatoms. The van der Waals surface area contributed by atoms with Crippen molar-refractivity contribution >= 4 is 33.0 Å². The maximum Gasteiger partial charge on any atom is 0.242 e. The van der Waals surface area contributed by atoms with Gasteiger partial charge in [0.2, 0.25) is 15.9 Å². The van der Waals surface area contributed by atoms with Crippen LogP contribution in [0.2, 0.25) is 0 Å². The number of sulfonamides is 1. The van der Waals surface area contributed by atoms with E-state index < -0.39 is 10.0 Å². The Hall–Kier alpha value is -1.74. The third-order valence-electron chi connectivity index (χ3n) is 4.48. The number of hydrogen-bond donors (Lipinski definition) is 1. The molecule has 0 saturated carbocycles. The van der Waals surface area contributed by atoms with Gasteiger partial charge in [-0.25, -0.2) is 12.7 Å². The molecule has 0 saturated heterocycles. The predicted molar refractivity (Wildman–Crippen MR) is 104 cm³/mol. The van der Waals surface area contributed by atoms with Crippen molar-refractivity contribution in [2.45, 2.75) is 24.8 Å². The topological polar surface area (TPSA) is 69.7 Å². The maximum absolute atomic E-state index is 12.4. The van der Waals surface area contributed by atoms with Gasteiger partial charge in [0.05, 0.1) is 11.4 Å². The third kappa shape index (κ3) is 3.98. The molecule has 0 bridgehead atoms. The van der Waals surface area contributed by atoms with Crippen LogP contribution in [0, 0.1) is 6.92 Å². The second-order valence-corrected chi connectivity index (χ2v) is 9.77. The molecule has 1 N–H and O–H groups in total. The smallest absolute Gasteiger partial charge is 0.242 e. The maximum atomic E-state index is 12.4. The fourth-order valence-electron chi connectivity index (χ4n) is 3.00. The van der Waals surface area contributed by atoms with Crippen LogP contribution in [0.4, 0.5) is 5.69 Å². The Bertz CT molecular complexity index is 920. The van der Waals surface area contributed by atoms with Crippen LogP contribution < -0.4 is 5.32 Å². The highest BCUT2D eigenvalue weighted by molar-refractivity contribution is 7.89. The van der Waals surface area contributed by atoms with Gasteiger partial charge >= 0.3 is 0 Å². The summed E-state index contributed by atoms with van der Waals surface area (Å²) in [7, 11) is -0.557. The van der Waals surface area contributed by atoms with E-state index >= 15 is 0 Å². The lowest BCUT2D eigenvalue weighted by molar-refractivity contribution is -0.117. The number of nitrogens with one attached hydrogen (secondary N) is 1. The zero-order valence-electron chi connectivity index (χ0n) is 15.2. The molecule has 0 unspecified atom stereocenters. The van der Waals surface area contributed by atoms with Gasteiger partial charge in [0.15, 0.2) is 0 Å². The predicted octanol–water partition coefficient (Wildman–Crippen LogP) is 2.30. The normalized spacial score (nSPS) is 15.1. The van der Waals surface area contributed by atoms with E-state index in [4.69, 9.17) is 0 Å². The Balaban J connectivity index is 1.68. The minimum Gasteiger partial charge on any atom is -0.325 e. The molecule has 0 atom stereocenters. The highest BCUT2D eigenvalue weighted by Crippen LogP contribution is 2.24. The zero-order chi connectivity index (χ0) is 18.9. The van der Waals surface area contributed by atoms with Crippen LogP contribution in [-0.2, 0) is 27.8 Å². The van der Waals surface area contributed by atoms with Gasteiger partial charge in [-0.2, -0.15) is 0 Å². The second kappa shape index (κ2) is 7.48. The van der Waals surface area contributed by atoms with Gasteiger partial charge in [-0.15, -0.1) is 11.3 Å². The Morgan fingerprint density at radius 1 is 1.31 bits per heavy atom. The Morgan fingerprint density at radius 2 is 2.08 bits per heavy atom. The van der Waals surface area contributed by atoms with Crippen LogP contribution >= 0.6 is 11.3 Å². The molecule has 0 spiro atoms. The monoisotopic (exact) mass is 393 g/mol. The van der Waals surface area contributed by atoms with E-state index in [-0.39, 0.29) is 10.8 Å². The fourth-order valence-corrected chi connectivity index (χ4v) is 5.03. The minimum atomic E-state index is -3.55. The molecule has 0 fully saturated rings. The number of carbonyl (C=O) groups excluding carboxylic acids is 1. The van der Waals surface area contributed by atoms with Gasteiger partial charge < -0.3 is 5.32 Å². The molecule has 1 amide bonds. The summed E-state index contributed by atoms with van der Waals surface area (Å²) in [6.07, 6.45) is 0.968. The average Bonchev–Trinajstić information content (AvgIpc) is 3.04. The highest BCUT2D eigenvalue weighted by atomic mass is 32.2. The lowest BCUT2D eigenvalue weighted by atomic mass is 10.1. The van der Waals surface area contributed by atoms with Crippen LogP contribution in [0.5, 0.6) is 0 Å².